The van der Waals surface area contributed by atoms with Crippen molar-refractivity contribution in [3.63, 3.8) is 0 Å². The van der Waals surface area contributed by atoms with E-state index in [1.165, 1.54) is 0 Å². The molecule has 2 heterocycles. The average molecular weight is 286 g/mol. The third kappa shape index (κ3) is 2.52. The van der Waals surface area contributed by atoms with Gasteiger partial charge in [0.05, 0.1) is 6.33 Å². The smallest absolute Gasteiger partial charge is 0.267 e. The molecule has 0 bridgehead atoms. The molecular formula is C11H16BrN3O. The Morgan fingerprint density at radius 3 is 3.25 bits per heavy atom. The van der Waals surface area contributed by atoms with E-state index in [1.807, 2.05) is 0 Å². The molecule has 0 spiro atoms. The van der Waals surface area contributed by atoms with Crippen molar-refractivity contribution in [1.29, 1.82) is 0 Å². The van der Waals surface area contributed by atoms with Crippen LogP contribution in [0.15, 0.2) is 21.8 Å². The van der Waals surface area contributed by atoms with Crippen molar-refractivity contribution in [2.24, 2.45) is 11.8 Å². The van der Waals surface area contributed by atoms with Gasteiger partial charge >= 0.3 is 0 Å². The number of hydrogen-bond acceptors (Lipinski definition) is 3. The molecule has 2 unspecified atom stereocenters. The third-order valence-electron chi connectivity index (χ3n) is 3.25. The van der Waals surface area contributed by atoms with Gasteiger partial charge in [-0.05, 0) is 47.3 Å². The molecule has 88 valence electrons. The lowest BCUT2D eigenvalue weighted by molar-refractivity contribution is 0.241. The maximum atomic E-state index is 11.8. The molecule has 2 atom stereocenters. The number of aromatic nitrogens is 2. The number of nitrogens with zero attached hydrogens (tertiary/aromatic N) is 2. The minimum Gasteiger partial charge on any atom is -0.316 e. The molecule has 2 rings (SSSR count). The number of hydrogen-bond donors (Lipinski definition) is 1. The fourth-order valence-electron chi connectivity index (χ4n) is 2.15. The molecule has 0 aromatic carbocycles. The van der Waals surface area contributed by atoms with Crippen LogP contribution in [-0.4, -0.2) is 22.6 Å². The minimum atomic E-state index is 0.0146. The fourth-order valence-corrected chi connectivity index (χ4v) is 2.49. The first-order valence-corrected chi connectivity index (χ1v) is 6.38. The molecule has 1 aromatic heterocycles. The molecule has 0 amide bonds. The quantitative estimate of drug-likeness (QED) is 0.890. The Labute approximate surface area is 103 Å². The van der Waals surface area contributed by atoms with Crippen LogP contribution in [0, 0.1) is 11.8 Å². The van der Waals surface area contributed by atoms with Gasteiger partial charge < -0.3 is 5.32 Å². The fraction of sp³-hybridized carbons (Fsp3) is 0.636. The van der Waals surface area contributed by atoms with Crippen molar-refractivity contribution < 1.29 is 0 Å². The van der Waals surface area contributed by atoms with Gasteiger partial charge in [-0.25, -0.2) is 4.98 Å². The molecule has 1 aliphatic heterocycles. The molecule has 16 heavy (non-hydrogen) atoms. The predicted molar refractivity (Wildman–Crippen MR) is 66.3 cm³/mol. The van der Waals surface area contributed by atoms with E-state index in [1.54, 1.807) is 17.1 Å². The van der Waals surface area contributed by atoms with E-state index in [0.29, 0.717) is 16.3 Å². The molecule has 1 fully saturated rings. The number of nitrogens with one attached hydrogen (secondary N) is 1. The highest BCUT2D eigenvalue weighted by atomic mass is 79.9. The van der Waals surface area contributed by atoms with Gasteiger partial charge in [0.15, 0.2) is 0 Å². The van der Waals surface area contributed by atoms with Crippen molar-refractivity contribution in [3.8, 4) is 0 Å². The largest absolute Gasteiger partial charge is 0.316 e. The normalized spacial score (nSPS) is 25.6. The first-order valence-electron chi connectivity index (χ1n) is 5.59. The van der Waals surface area contributed by atoms with Gasteiger partial charge in [-0.1, -0.05) is 6.92 Å². The zero-order chi connectivity index (χ0) is 11.5. The first kappa shape index (κ1) is 11.8. The topological polar surface area (TPSA) is 46.9 Å². The molecule has 1 aromatic rings. The predicted octanol–water partition coefficient (Wildman–Crippen LogP) is 1.25. The zero-order valence-electron chi connectivity index (χ0n) is 9.32. The summed E-state index contributed by atoms with van der Waals surface area (Å²) in [6, 6.07) is 0. The number of halogens is 1. The molecule has 1 aliphatic rings. The van der Waals surface area contributed by atoms with Crippen LogP contribution < -0.4 is 10.9 Å². The second-order valence-corrected chi connectivity index (χ2v) is 5.28. The lowest BCUT2D eigenvalue weighted by atomic mass is 9.88. The standard InChI is InChI=1S/C11H16BrN3O/c1-8-4-13-3-2-9(8)6-15-7-14-5-10(12)11(15)16/h5,7-9,13H,2-4,6H2,1H3. The van der Waals surface area contributed by atoms with E-state index in [4.69, 9.17) is 0 Å². The Bertz CT molecular complexity index is 418. The highest BCUT2D eigenvalue weighted by molar-refractivity contribution is 9.10. The van der Waals surface area contributed by atoms with Gasteiger partial charge in [0.25, 0.3) is 5.56 Å². The second-order valence-electron chi connectivity index (χ2n) is 4.43. The third-order valence-corrected chi connectivity index (χ3v) is 3.80. The Kier molecular flexibility index (Phi) is 3.76. The monoisotopic (exact) mass is 285 g/mol. The van der Waals surface area contributed by atoms with E-state index in [2.05, 4.69) is 33.2 Å². The van der Waals surface area contributed by atoms with Gasteiger partial charge in [-0.2, -0.15) is 0 Å². The molecule has 1 N–H and O–H groups in total. The van der Waals surface area contributed by atoms with Crippen LogP contribution >= 0.6 is 15.9 Å². The van der Waals surface area contributed by atoms with Crippen molar-refractivity contribution in [1.82, 2.24) is 14.9 Å². The molecule has 0 aliphatic carbocycles. The van der Waals surface area contributed by atoms with Crippen molar-refractivity contribution in [3.05, 3.63) is 27.4 Å². The summed E-state index contributed by atoms with van der Waals surface area (Å²) < 4.78 is 2.24. The zero-order valence-corrected chi connectivity index (χ0v) is 10.9. The molecule has 5 heteroatoms. The summed E-state index contributed by atoms with van der Waals surface area (Å²) in [6.45, 7) is 5.09. The SMILES string of the molecule is CC1CNCCC1Cn1cncc(Br)c1=O. The van der Waals surface area contributed by atoms with Crippen LogP contribution in [0.3, 0.4) is 0 Å². The summed E-state index contributed by atoms with van der Waals surface area (Å²) in [7, 11) is 0. The van der Waals surface area contributed by atoms with E-state index in [0.717, 1.165) is 26.1 Å². The molecule has 4 nitrogen and oxygen atoms in total. The summed E-state index contributed by atoms with van der Waals surface area (Å²) in [5, 5.41) is 3.36. The first-order chi connectivity index (χ1) is 7.68. The van der Waals surface area contributed by atoms with Crippen LogP contribution in [0.5, 0.6) is 0 Å². The summed E-state index contributed by atoms with van der Waals surface area (Å²) in [5.74, 6) is 1.18. The van der Waals surface area contributed by atoms with E-state index in [9.17, 15) is 4.79 Å². The van der Waals surface area contributed by atoms with Crippen LogP contribution in [0.1, 0.15) is 13.3 Å². The second kappa shape index (κ2) is 5.10. The maximum Gasteiger partial charge on any atom is 0.267 e. The van der Waals surface area contributed by atoms with E-state index >= 15 is 0 Å². The summed E-state index contributed by atoms with van der Waals surface area (Å²) in [5.41, 5.74) is 0.0146. The lowest BCUT2D eigenvalue weighted by Crippen LogP contribution is -2.38. The Morgan fingerprint density at radius 1 is 1.69 bits per heavy atom. The van der Waals surface area contributed by atoms with E-state index < -0.39 is 0 Å². The van der Waals surface area contributed by atoms with Crippen molar-refractivity contribution >= 4 is 15.9 Å². The average Bonchev–Trinajstić information content (AvgIpc) is 2.28. The summed E-state index contributed by atoms with van der Waals surface area (Å²) in [6.07, 6.45) is 4.30. The van der Waals surface area contributed by atoms with Gasteiger partial charge in [0, 0.05) is 12.7 Å². The maximum absolute atomic E-state index is 11.8. The Morgan fingerprint density at radius 2 is 2.50 bits per heavy atom. The Balaban J connectivity index is 2.14. The van der Waals surface area contributed by atoms with Gasteiger partial charge in [-0.15, -0.1) is 0 Å². The van der Waals surface area contributed by atoms with Crippen LogP contribution in [0.25, 0.3) is 0 Å². The number of rotatable bonds is 2. The van der Waals surface area contributed by atoms with Crippen LogP contribution in [0.2, 0.25) is 0 Å². The lowest BCUT2D eigenvalue weighted by Gasteiger charge is -2.29. The molecule has 1 saturated heterocycles. The highest BCUT2D eigenvalue weighted by Crippen LogP contribution is 2.19. The minimum absolute atomic E-state index is 0.0146. The number of piperidine rings is 1. The van der Waals surface area contributed by atoms with Gasteiger partial charge in [0.2, 0.25) is 0 Å². The van der Waals surface area contributed by atoms with Crippen LogP contribution in [-0.2, 0) is 6.54 Å². The van der Waals surface area contributed by atoms with Crippen LogP contribution in [0.4, 0.5) is 0 Å². The molecule has 0 radical (unpaired) electrons. The molecular weight excluding hydrogens is 270 g/mol. The molecule has 0 saturated carbocycles. The summed E-state index contributed by atoms with van der Waals surface area (Å²) >= 11 is 3.22. The summed E-state index contributed by atoms with van der Waals surface area (Å²) in [4.78, 5) is 15.8. The van der Waals surface area contributed by atoms with E-state index in [-0.39, 0.29) is 5.56 Å². The van der Waals surface area contributed by atoms with Gasteiger partial charge in [0.1, 0.15) is 4.47 Å². The van der Waals surface area contributed by atoms with Crippen molar-refractivity contribution in [2.75, 3.05) is 13.1 Å². The highest BCUT2D eigenvalue weighted by Gasteiger charge is 2.21. The Hall–Kier alpha value is -0.680. The van der Waals surface area contributed by atoms with Crippen molar-refractivity contribution in [2.45, 2.75) is 19.9 Å². The van der Waals surface area contributed by atoms with Gasteiger partial charge in [-0.3, -0.25) is 9.36 Å².